The number of nitrogens with one attached hydrogen (secondary N) is 1. The largest absolute Gasteiger partial charge is 0.310 e. The van der Waals surface area contributed by atoms with Crippen molar-refractivity contribution < 1.29 is 0 Å². The molecule has 108 valence electrons. The van der Waals surface area contributed by atoms with E-state index >= 15 is 0 Å². The van der Waals surface area contributed by atoms with Crippen molar-refractivity contribution in [2.24, 2.45) is 0 Å². The normalized spacial score (nSPS) is 23.7. The molecule has 2 atom stereocenters. The molecule has 1 aromatic heterocycles. The number of thiophene rings is 1. The van der Waals surface area contributed by atoms with Crippen molar-refractivity contribution in [1.82, 2.24) is 15.1 Å². The van der Waals surface area contributed by atoms with Crippen LogP contribution in [0.3, 0.4) is 0 Å². The lowest BCUT2D eigenvalue weighted by atomic mass is 9.99. The average molecular weight is 281 g/mol. The van der Waals surface area contributed by atoms with E-state index < -0.39 is 0 Å². The third kappa shape index (κ3) is 4.02. The number of likely N-dealkylation sites (N-methyl/N-ethyl adjacent to an activating group) is 2. The Morgan fingerprint density at radius 2 is 2.21 bits per heavy atom. The Balaban J connectivity index is 2.03. The van der Waals surface area contributed by atoms with Crippen molar-refractivity contribution in [3.63, 3.8) is 0 Å². The van der Waals surface area contributed by atoms with Gasteiger partial charge in [0, 0.05) is 36.6 Å². The molecule has 4 heteroatoms. The molecule has 0 aromatic carbocycles. The zero-order valence-electron chi connectivity index (χ0n) is 12.6. The molecule has 0 spiro atoms. The molecule has 0 saturated carbocycles. The summed E-state index contributed by atoms with van der Waals surface area (Å²) in [6, 6.07) is 3.49. The lowest BCUT2D eigenvalue weighted by Gasteiger charge is -2.39. The number of nitrogens with zero attached hydrogens (tertiary/aromatic N) is 2. The van der Waals surface area contributed by atoms with Crippen LogP contribution in [0.2, 0.25) is 0 Å². The molecular weight excluding hydrogens is 254 g/mol. The Bertz CT molecular complexity index is 390. The molecule has 1 aliphatic heterocycles. The highest BCUT2D eigenvalue weighted by molar-refractivity contribution is 7.10. The predicted octanol–water partition coefficient (Wildman–Crippen LogP) is 2.34. The van der Waals surface area contributed by atoms with Crippen LogP contribution in [0.5, 0.6) is 0 Å². The number of hydrogen-bond acceptors (Lipinski definition) is 4. The molecule has 1 N–H and O–H groups in total. The summed E-state index contributed by atoms with van der Waals surface area (Å²) < 4.78 is 0. The second-order valence-corrected chi connectivity index (χ2v) is 6.85. The fraction of sp³-hybridized carbons (Fsp3) is 0.733. The summed E-state index contributed by atoms with van der Waals surface area (Å²) in [5, 5.41) is 5.97. The van der Waals surface area contributed by atoms with Crippen molar-refractivity contribution in [1.29, 1.82) is 0 Å². The summed E-state index contributed by atoms with van der Waals surface area (Å²) >= 11 is 1.86. The van der Waals surface area contributed by atoms with Crippen molar-refractivity contribution in [3.8, 4) is 0 Å². The molecule has 2 unspecified atom stereocenters. The third-order valence-corrected chi connectivity index (χ3v) is 4.97. The van der Waals surface area contributed by atoms with Gasteiger partial charge < -0.3 is 15.1 Å². The van der Waals surface area contributed by atoms with Crippen LogP contribution in [0.15, 0.2) is 11.4 Å². The summed E-state index contributed by atoms with van der Waals surface area (Å²) in [6.45, 7) is 8.98. The summed E-state index contributed by atoms with van der Waals surface area (Å²) in [6.07, 6.45) is 1.20. The standard InChI is InChI=1S/C15H27N3S/c1-5-16-15(13-8-12(2)19-11-13)9-14-10-17(3)6-7-18(14)4/h8,11,14-16H,5-7,9-10H2,1-4H3. The Labute approximate surface area is 121 Å². The van der Waals surface area contributed by atoms with E-state index in [4.69, 9.17) is 0 Å². The van der Waals surface area contributed by atoms with Gasteiger partial charge in [0.2, 0.25) is 0 Å². The summed E-state index contributed by atoms with van der Waals surface area (Å²) in [7, 11) is 4.50. The van der Waals surface area contributed by atoms with Crippen molar-refractivity contribution in [3.05, 3.63) is 21.9 Å². The first-order valence-corrected chi connectivity index (χ1v) is 8.15. The summed E-state index contributed by atoms with van der Waals surface area (Å²) in [5.41, 5.74) is 1.46. The van der Waals surface area contributed by atoms with E-state index in [1.807, 2.05) is 11.3 Å². The van der Waals surface area contributed by atoms with Crippen LogP contribution in [0.4, 0.5) is 0 Å². The van der Waals surface area contributed by atoms with E-state index in [-0.39, 0.29) is 0 Å². The maximum atomic E-state index is 3.66. The maximum Gasteiger partial charge on any atom is 0.0343 e. The smallest absolute Gasteiger partial charge is 0.0343 e. The monoisotopic (exact) mass is 281 g/mol. The molecule has 0 bridgehead atoms. The number of piperazine rings is 1. The van der Waals surface area contributed by atoms with Gasteiger partial charge in [0.1, 0.15) is 0 Å². The van der Waals surface area contributed by atoms with Gasteiger partial charge in [0.05, 0.1) is 0 Å². The van der Waals surface area contributed by atoms with E-state index in [9.17, 15) is 0 Å². The van der Waals surface area contributed by atoms with E-state index in [2.05, 4.69) is 54.5 Å². The van der Waals surface area contributed by atoms with Crippen molar-refractivity contribution in [2.75, 3.05) is 40.3 Å². The fourth-order valence-corrected chi connectivity index (χ4v) is 3.62. The first-order chi connectivity index (χ1) is 9.10. The van der Waals surface area contributed by atoms with E-state index in [1.54, 1.807) is 0 Å². The fourth-order valence-electron chi connectivity index (χ4n) is 2.86. The molecule has 0 radical (unpaired) electrons. The molecule has 0 amide bonds. The van der Waals surface area contributed by atoms with Crippen LogP contribution in [0, 0.1) is 6.92 Å². The van der Waals surface area contributed by atoms with E-state index in [0.717, 1.165) is 6.54 Å². The van der Waals surface area contributed by atoms with Crippen LogP contribution >= 0.6 is 11.3 Å². The number of aryl methyl sites for hydroxylation is 1. The molecule has 19 heavy (non-hydrogen) atoms. The van der Waals surface area contributed by atoms with Gasteiger partial charge in [-0.1, -0.05) is 6.92 Å². The van der Waals surface area contributed by atoms with Crippen LogP contribution < -0.4 is 5.32 Å². The molecule has 1 fully saturated rings. The molecule has 2 rings (SSSR count). The van der Waals surface area contributed by atoms with Gasteiger partial charge in [-0.25, -0.2) is 0 Å². The zero-order valence-corrected chi connectivity index (χ0v) is 13.5. The minimum absolute atomic E-state index is 0.494. The SMILES string of the molecule is CCNC(CC1CN(C)CCN1C)c1csc(C)c1. The lowest BCUT2D eigenvalue weighted by molar-refractivity contribution is 0.101. The second kappa shape index (κ2) is 6.84. The predicted molar refractivity (Wildman–Crippen MR) is 84.0 cm³/mol. The van der Waals surface area contributed by atoms with Crippen LogP contribution in [0.25, 0.3) is 0 Å². The minimum Gasteiger partial charge on any atom is -0.310 e. The maximum absolute atomic E-state index is 3.66. The molecule has 1 saturated heterocycles. The minimum atomic E-state index is 0.494. The molecule has 1 aromatic rings. The number of rotatable bonds is 5. The van der Waals surface area contributed by atoms with Crippen LogP contribution in [-0.4, -0.2) is 56.1 Å². The van der Waals surface area contributed by atoms with Crippen molar-refractivity contribution in [2.45, 2.75) is 32.4 Å². The third-order valence-electron chi connectivity index (χ3n) is 4.09. The first kappa shape index (κ1) is 15.0. The Hall–Kier alpha value is -0.420. The van der Waals surface area contributed by atoms with Gasteiger partial charge in [-0.2, -0.15) is 0 Å². The highest BCUT2D eigenvalue weighted by Gasteiger charge is 2.25. The topological polar surface area (TPSA) is 18.5 Å². The first-order valence-electron chi connectivity index (χ1n) is 7.27. The molecule has 0 aliphatic carbocycles. The summed E-state index contributed by atoms with van der Waals surface area (Å²) in [5.74, 6) is 0. The number of hydrogen-bond donors (Lipinski definition) is 1. The van der Waals surface area contributed by atoms with Crippen LogP contribution in [0.1, 0.15) is 29.8 Å². The van der Waals surface area contributed by atoms with Gasteiger partial charge >= 0.3 is 0 Å². The van der Waals surface area contributed by atoms with Crippen molar-refractivity contribution >= 4 is 11.3 Å². The molecule has 1 aliphatic rings. The van der Waals surface area contributed by atoms with Gasteiger partial charge in [-0.3, -0.25) is 0 Å². The highest BCUT2D eigenvalue weighted by atomic mass is 32.1. The van der Waals surface area contributed by atoms with Gasteiger partial charge in [-0.05, 0) is 51.0 Å². The van der Waals surface area contributed by atoms with Gasteiger partial charge in [0.15, 0.2) is 0 Å². The zero-order chi connectivity index (χ0) is 13.8. The molecule has 2 heterocycles. The lowest BCUT2D eigenvalue weighted by Crippen LogP contribution is -2.51. The Morgan fingerprint density at radius 3 is 2.84 bits per heavy atom. The average Bonchev–Trinajstić information content (AvgIpc) is 2.80. The summed E-state index contributed by atoms with van der Waals surface area (Å²) in [4.78, 5) is 6.38. The van der Waals surface area contributed by atoms with Crippen LogP contribution in [-0.2, 0) is 0 Å². The van der Waals surface area contributed by atoms with Gasteiger partial charge in [0.25, 0.3) is 0 Å². The Morgan fingerprint density at radius 1 is 1.42 bits per heavy atom. The molecule has 3 nitrogen and oxygen atoms in total. The molecular formula is C15H27N3S. The van der Waals surface area contributed by atoms with E-state index in [1.165, 1.54) is 36.5 Å². The second-order valence-electron chi connectivity index (χ2n) is 5.73. The Kier molecular flexibility index (Phi) is 5.39. The van der Waals surface area contributed by atoms with Gasteiger partial charge in [-0.15, -0.1) is 11.3 Å². The van der Waals surface area contributed by atoms with E-state index in [0.29, 0.717) is 12.1 Å². The quantitative estimate of drug-likeness (QED) is 0.894. The highest BCUT2D eigenvalue weighted by Crippen LogP contribution is 2.26.